The fourth-order valence-corrected chi connectivity index (χ4v) is 4.31. The number of halogens is 3. The van der Waals surface area contributed by atoms with E-state index >= 15 is 0 Å². The summed E-state index contributed by atoms with van der Waals surface area (Å²) in [5, 5.41) is 0.636. The molecule has 0 spiro atoms. The quantitative estimate of drug-likeness (QED) is 0.306. The maximum Gasteiger partial charge on any atom is 0.303 e. The molecule has 1 aliphatic heterocycles. The summed E-state index contributed by atoms with van der Waals surface area (Å²) in [6.45, 7) is 3.50. The van der Waals surface area contributed by atoms with Crippen LogP contribution in [-0.4, -0.2) is 52.4 Å². The number of hydrogen-bond donors (Lipinski definition) is 0. The minimum atomic E-state index is -1.02. The number of ether oxygens (including phenoxy) is 4. The highest BCUT2D eigenvalue weighted by Crippen LogP contribution is 2.39. The highest BCUT2D eigenvalue weighted by Gasteiger charge is 2.51. The molecule has 1 aromatic heterocycles. The van der Waals surface area contributed by atoms with Crippen LogP contribution in [0.2, 0.25) is 10.0 Å². The van der Waals surface area contributed by atoms with Crippen LogP contribution in [-0.2, 0) is 33.3 Å². The normalized spacial score (nSPS) is 23.4. The van der Waals surface area contributed by atoms with Crippen molar-refractivity contribution < 1.29 is 33.3 Å². The number of nitrogens with zero attached hydrogens (tertiary/aromatic N) is 2. The summed E-state index contributed by atoms with van der Waals surface area (Å²) in [5.41, 5.74) is 1.12. The van der Waals surface area contributed by atoms with E-state index in [0.717, 1.165) is 0 Å². The van der Waals surface area contributed by atoms with Crippen molar-refractivity contribution in [3.05, 3.63) is 26.0 Å². The van der Waals surface area contributed by atoms with Gasteiger partial charge in [0, 0.05) is 43.4 Å². The molecular formula is C18H17Cl2IN2O7. The van der Waals surface area contributed by atoms with Gasteiger partial charge in [0.15, 0.2) is 22.3 Å². The molecule has 1 saturated heterocycles. The molecule has 0 N–H and O–H groups in total. The van der Waals surface area contributed by atoms with Gasteiger partial charge in [0.1, 0.15) is 12.7 Å². The van der Waals surface area contributed by atoms with Crippen molar-refractivity contribution in [3.8, 4) is 0 Å². The summed E-state index contributed by atoms with van der Waals surface area (Å²) < 4.78 is 24.1. The maximum atomic E-state index is 11.8. The van der Waals surface area contributed by atoms with E-state index in [-0.39, 0.29) is 6.61 Å². The molecule has 0 saturated carbocycles. The van der Waals surface area contributed by atoms with Crippen molar-refractivity contribution in [1.29, 1.82) is 0 Å². The van der Waals surface area contributed by atoms with Crippen molar-refractivity contribution in [1.82, 2.24) is 9.55 Å². The fourth-order valence-electron chi connectivity index (χ4n) is 3.20. The van der Waals surface area contributed by atoms with Gasteiger partial charge in [-0.15, -0.1) is 0 Å². The highest BCUT2D eigenvalue weighted by molar-refractivity contribution is 14.1. The maximum absolute atomic E-state index is 11.8. The summed E-state index contributed by atoms with van der Waals surface area (Å²) in [6, 6.07) is 3.22. The molecule has 0 radical (unpaired) electrons. The van der Waals surface area contributed by atoms with Gasteiger partial charge in [0.05, 0.1) is 21.1 Å². The van der Waals surface area contributed by atoms with Crippen LogP contribution < -0.4 is 0 Å². The molecule has 0 bridgehead atoms. The summed E-state index contributed by atoms with van der Waals surface area (Å²) in [4.78, 5) is 39.2. The largest absolute Gasteiger partial charge is 0.463 e. The molecule has 12 heteroatoms. The van der Waals surface area contributed by atoms with Gasteiger partial charge in [0.25, 0.3) is 0 Å². The van der Waals surface area contributed by atoms with Crippen molar-refractivity contribution in [2.75, 3.05) is 6.61 Å². The minimum absolute atomic E-state index is 0.197. The Labute approximate surface area is 195 Å². The van der Waals surface area contributed by atoms with Crippen LogP contribution in [0.15, 0.2) is 12.1 Å². The lowest BCUT2D eigenvalue weighted by Gasteiger charge is -2.24. The van der Waals surface area contributed by atoms with Crippen LogP contribution in [0.3, 0.4) is 0 Å². The predicted octanol–water partition coefficient (Wildman–Crippen LogP) is 3.27. The molecule has 0 unspecified atom stereocenters. The topological polar surface area (TPSA) is 106 Å². The Kier molecular flexibility index (Phi) is 7.10. The van der Waals surface area contributed by atoms with Gasteiger partial charge in [-0.1, -0.05) is 23.2 Å². The summed E-state index contributed by atoms with van der Waals surface area (Å²) in [7, 11) is 0. The van der Waals surface area contributed by atoms with E-state index in [1.165, 1.54) is 20.8 Å². The second-order valence-electron chi connectivity index (χ2n) is 6.52. The average Bonchev–Trinajstić information content (AvgIpc) is 3.10. The molecule has 1 aromatic carbocycles. The van der Waals surface area contributed by atoms with Crippen LogP contribution in [0, 0.1) is 3.83 Å². The smallest absolute Gasteiger partial charge is 0.303 e. The molecule has 2 heterocycles. The number of hydrogen-bond acceptors (Lipinski definition) is 8. The Morgan fingerprint density at radius 3 is 2.27 bits per heavy atom. The van der Waals surface area contributed by atoms with E-state index in [4.69, 9.17) is 42.1 Å². The summed E-state index contributed by atoms with van der Waals surface area (Å²) in [5.74, 6) is -1.73. The molecule has 162 valence electrons. The van der Waals surface area contributed by atoms with Crippen molar-refractivity contribution in [2.45, 2.75) is 45.3 Å². The number of fused-ring (bicyclic) bond motifs is 1. The van der Waals surface area contributed by atoms with E-state index in [0.29, 0.717) is 24.9 Å². The van der Waals surface area contributed by atoms with Crippen LogP contribution in [0.4, 0.5) is 0 Å². The Balaban J connectivity index is 2.09. The monoisotopic (exact) mass is 570 g/mol. The minimum Gasteiger partial charge on any atom is -0.463 e. The standard InChI is InChI=1S/C18H17Cl2IN2O7/c1-7(24)27-6-14-15(28-8(2)25)16(29-9(3)26)17(30-14)23-13-5-11(20)10(19)4-12(13)22-18(23)21/h4-5,14-17H,6H2,1-3H3/t14-,15-,16-,17-/m1/s1. The van der Waals surface area contributed by atoms with Crippen LogP contribution in [0.5, 0.6) is 0 Å². The molecule has 3 rings (SSSR count). The molecule has 0 amide bonds. The van der Waals surface area contributed by atoms with Gasteiger partial charge in [-0.3, -0.25) is 19.0 Å². The molecule has 4 atom stereocenters. The van der Waals surface area contributed by atoms with E-state index in [2.05, 4.69) is 4.98 Å². The third kappa shape index (κ3) is 4.82. The van der Waals surface area contributed by atoms with E-state index in [9.17, 15) is 14.4 Å². The summed E-state index contributed by atoms with van der Waals surface area (Å²) in [6.07, 6.45) is -3.82. The molecule has 0 aliphatic carbocycles. The SMILES string of the molecule is CC(=O)OC[C@H]1O[C@@H](n2c(I)nc3cc(Cl)c(Cl)cc32)[C@H](OC(C)=O)[C@@H]1OC(C)=O. The molecule has 1 aliphatic rings. The average molecular weight is 571 g/mol. The molecular weight excluding hydrogens is 554 g/mol. The second-order valence-corrected chi connectivity index (χ2v) is 8.30. The Morgan fingerprint density at radius 2 is 1.67 bits per heavy atom. The van der Waals surface area contributed by atoms with E-state index in [1.807, 2.05) is 22.6 Å². The lowest BCUT2D eigenvalue weighted by molar-refractivity contribution is -0.166. The van der Waals surface area contributed by atoms with Gasteiger partial charge in [-0.25, -0.2) is 4.98 Å². The number of carbonyl (C=O) groups is 3. The van der Waals surface area contributed by atoms with Crippen LogP contribution in [0.1, 0.15) is 27.0 Å². The number of carbonyl (C=O) groups excluding carboxylic acids is 3. The molecule has 1 fully saturated rings. The van der Waals surface area contributed by atoms with E-state index in [1.54, 1.807) is 16.7 Å². The number of aromatic nitrogens is 2. The fraction of sp³-hybridized carbons (Fsp3) is 0.444. The Morgan fingerprint density at radius 1 is 1.07 bits per heavy atom. The number of imidazole rings is 1. The zero-order valence-corrected chi connectivity index (χ0v) is 19.7. The van der Waals surface area contributed by atoms with Gasteiger partial charge < -0.3 is 18.9 Å². The zero-order chi connectivity index (χ0) is 22.2. The van der Waals surface area contributed by atoms with Crippen molar-refractivity contribution >= 4 is 74.7 Å². The lowest BCUT2D eigenvalue weighted by atomic mass is 10.1. The molecule has 2 aromatic rings. The third-order valence-electron chi connectivity index (χ3n) is 4.28. The first-order valence-electron chi connectivity index (χ1n) is 8.74. The van der Waals surface area contributed by atoms with Gasteiger partial charge >= 0.3 is 17.9 Å². The van der Waals surface area contributed by atoms with Crippen LogP contribution in [0.25, 0.3) is 11.0 Å². The highest BCUT2D eigenvalue weighted by atomic mass is 127. The van der Waals surface area contributed by atoms with Gasteiger partial charge in [-0.2, -0.15) is 0 Å². The third-order valence-corrected chi connectivity index (χ3v) is 5.77. The predicted molar refractivity (Wildman–Crippen MR) is 114 cm³/mol. The van der Waals surface area contributed by atoms with Gasteiger partial charge in [-0.05, 0) is 12.1 Å². The van der Waals surface area contributed by atoms with Crippen molar-refractivity contribution in [2.24, 2.45) is 0 Å². The number of rotatable bonds is 5. The number of esters is 3. The van der Waals surface area contributed by atoms with E-state index < -0.39 is 42.4 Å². The second kappa shape index (κ2) is 9.25. The Hall–Kier alpha value is -1.63. The first kappa shape index (κ1) is 23.0. The first-order chi connectivity index (χ1) is 14.1. The van der Waals surface area contributed by atoms with Crippen LogP contribution >= 0.6 is 45.8 Å². The Bertz CT molecular complexity index is 1010. The summed E-state index contributed by atoms with van der Waals surface area (Å²) >= 11 is 14.3. The molecule has 9 nitrogen and oxygen atoms in total. The molecule has 30 heavy (non-hydrogen) atoms. The van der Waals surface area contributed by atoms with Crippen molar-refractivity contribution in [3.63, 3.8) is 0 Å². The number of benzene rings is 1. The first-order valence-corrected chi connectivity index (χ1v) is 10.6. The lowest BCUT2D eigenvalue weighted by Crippen LogP contribution is -2.40. The van der Waals surface area contributed by atoms with Gasteiger partial charge in [0.2, 0.25) is 0 Å². The zero-order valence-electron chi connectivity index (χ0n) is 16.1.